The number of nitrogens with zero attached hydrogens (tertiary/aromatic N) is 1. The van der Waals surface area contributed by atoms with Gasteiger partial charge in [-0.25, -0.2) is 0 Å². The van der Waals surface area contributed by atoms with Crippen molar-refractivity contribution in [3.63, 3.8) is 0 Å². The molecule has 0 radical (unpaired) electrons. The smallest absolute Gasteiger partial charge is 0.237 e. The van der Waals surface area contributed by atoms with Crippen molar-refractivity contribution in [3.05, 3.63) is 0 Å². The van der Waals surface area contributed by atoms with Crippen molar-refractivity contribution in [3.8, 4) is 0 Å². The van der Waals surface area contributed by atoms with E-state index in [-0.39, 0.29) is 12.3 Å². The first-order valence-corrected chi connectivity index (χ1v) is 6.87. The maximum atomic E-state index is 11.5. The Hall–Kier alpha value is -0.790. The Balaban J connectivity index is 2.12. The normalized spacial score (nSPS) is 18.6. The number of rotatable bonds is 6. The lowest BCUT2D eigenvalue weighted by atomic mass is 10.2. The maximum Gasteiger partial charge on any atom is 0.237 e. The van der Waals surface area contributed by atoms with Crippen LogP contribution in [0, 0.1) is 0 Å². The average molecular weight is 260 g/mol. The SMILES string of the molecule is NC(=O)CC(N)C(=O)NCCN1CCSCC1. The monoisotopic (exact) mass is 260 g/mol. The summed E-state index contributed by atoms with van der Waals surface area (Å²) in [6.07, 6.45) is -0.105. The molecule has 0 aromatic heterocycles. The molecule has 0 aromatic carbocycles. The highest BCUT2D eigenvalue weighted by Gasteiger charge is 2.16. The second-order valence-electron chi connectivity index (χ2n) is 4.02. The highest BCUT2D eigenvalue weighted by molar-refractivity contribution is 7.99. The Kier molecular flexibility index (Phi) is 6.31. The average Bonchev–Trinajstić information content (AvgIpc) is 2.29. The molecule has 2 amide bonds. The van der Waals surface area contributed by atoms with Crippen LogP contribution in [0.5, 0.6) is 0 Å². The molecule has 6 nitrogen and oxygen atoms in total. The zero-order chi connectivity index (χ0) is 12.7. The summed E-state index contributed by atoms with van der Waals surface area (Å²) < 4.78 is 0. The first kappa shape index (κ1) is 14.3. The van der Waals surface area contributed by atoms with Crippen LogP contribution in [0.4, 0.5) is 0 Å². The van der Waals surface area contributed by atoms with Crippen LogP contribution in [0.25, 0.3) is 0 Å². The van der Waals surface area contributed by atoms with Crippen molar-refractivity contribution in [2.45, 2.75) is 12.5 Å². The van der Waals surface area contributed by atoms with Crippen molar-refractivity contribution < 1.29 is 9.59 Å². The molecule has 0 saturated carbocycles. The van der Waals surface area contributed by atoms with Crippen molar-refractivity contribution >= 4 is 23.6 Å². The molecule has 0 aliphatic carbocycles. The number of amides is 2. The van der Waals surface area contributed by atoms with Crippen LogP contribution in [0.1, 0.15) is 6.42 Å². The Labute approximate surface area is 105 Å². The van der Waals surface area contributed by atoms with E-state index < -0.39 is 11.9 Å². The van der Waals surface area contributed by atoms with Gasteiger partial charge in [-0.1, -0.05) is 0 Å². The molecule has 1 heterocycles. The van der Waals surface area contributed by atoms with Crippen molar-refractivity contribution in [2.75, 3.05) is 37.7 Å². The van der Waals surface area contributed by atoms with Crippen LogP contribution in [0.15, 0.2) is 0 Å². The number of carbonyl (C=O) groups is 2. The van der Waals surface area contributed by atoms with E-state index in [0.717, 1.165) is 31.1 Å². The fourth-order valence-electron chi connectivity index (χ4n) is 1.60. The van der Waals surface area contributed by atoms with Gasteiger partial charge in [-0.2, -0.15) is 11.8 Å². The van der Waals surface area contributed by atoms with Gasteiger partial charge >= 0.3 is 0 Å². The molecule has 7 heteroatoms. The lowest BCUT2D eigenvalue weighted by Crippen LogP contribution is -2.46. The third-order valence-corrected chi connectivity index (χ3v) is 3.53. The van der Waals surface area contributed by atoms with E-state index in [4.69, 9.17) is 11.5 Å². The first-order chi connectivity index (χ1) is 8.09. The summed E-state index contributed by atoms with van der Waals surface area (Å²) in [4.78, 5) is 24.3. The van der Waals surface area contributed by atoms with Gasteiger partial charge < -0.3 is 16.8 Å². The number of nitrogens with one attached hydrogen (secondary N) is 1. The minimum Gasteiger partial charge on any atom is -0.370 e. The summed E-state index contributed by atoms with van der Waals surface area (Å²) in [6.45, 7) is 3.52. The largest absolute Gasteiger partial charge is 0.370 e. The molecule has 1 atom stereocenters. The molecule has 1 rings (SSSR count). The zero-order valence-electron chi connectivity index (χ0n) is 9.85. The van der Waals surface area contributed by atoms with E-state index in [9.17, 15) is 9.59 Å². The lowest BCUT2D eigenvalue weighted by molar-refractivity contribution is -0.126. The molecule has 1 saturated heterocycles. The Morgan fingerprint density at radius 2 is 2.00 bits per heavy atom. The molecule has 5 N–H and O–H groups in total. The number of nitrogens with two attached hydrogens (primary N) is 2. The van der Waals surface area contributed by atoms with Crippen LogP contribution in [-0.4, -0.2) is 60.4 Å². The maximum absolute atomic E-state index is 11.5. The lowest BCUT2D eigenvalue weighted by Gasteiger charge is -2.26. The van der Waals surface area contributed by atoms with Gasteiger partial charge in [0.1, 0.15) is 0 Å². The van der Waals surface area contributed by atoms with Gasteiger partial charge in [-0.05, 0) is 0 Å². The summed E-state index contributed by atoms with van der Waals surface area (Å²) >= 11 is 1.95. The van der Waals surface area contributed by atoms with Crippen LogP contribution >= 0.6 is 11.8 Å². The van der Waals surface area contributed by atoms with Crippen LogP contribution in [0.2, 0.25) is 0 Å². The predicted octanol–water partition coefficient (Wildman–Crippen LogP) is -1.65. The van der Waals surface area contributed by atoms with Gasteiger partial charge in [-0.15, -0.1) is 0 Å². The summed E-state index contributed by atoms with van der Waals surface area (Å²) in [5.41, 5.74) is 10.5. The quantitative estimate of drug-likeness (QED) is 0.531. The minimum absolute atomic E-state index is 0.105. The standard InChI is InChI=1S/C10H20N4O2S/c11-8(7-9(12)15)10(16)13-1-2-14-3-5-17-6-4-14/h8H,1-7,11H2,(H2,12,15)(H,13,16). The highest BCUT2D eigenvalue weighted by atomic mass is 32.2. The predicted molar refractivity (Wildman–Crippen MR) is 68.6 cm³/mol. The topological polar surface area (TPSA) is 101 Å². The molecule has 1 aliphatic heterocycles. The fraction of sp³-hybridized carbons (Fsp3) is 0.800. The van der Waals surface area contributed by atoms with Gasteiger partial charge in [0.2, 0.25) is 11.8 Å². The van der Waals surface area contributed by atoms with E-state index in [2.05, 4.69) is 10.2 Å². The molecule has 98 valence electrons. The first-order valence-electron chi connectivity index (χ1n) is 5.71. The van der Waals surface area contributed by atoms with E-state index in [1.54, 1.807) is 0 Å². The number of carbonyl (C=O) groups excluding carboxylic acids is 2. The molecule has 0 aromatic rings. The van der Waals surface area contributed by atoms with Gasteiger partial charge in [0.05, 0.1) is 12.5 Å². The minimum atomic E-state index is -0.829. The van der Waals surface area contributed by atoms with Gasteiger partial charge in [0.25, 0.3) is 0 Å². The van der Waals surface area contributed by atoms with Crippen molar-refractivity contribution in [1.82, 2.24) is 10.2 Å². The molecule has 1 fully saturated rings. The summed E-state index contributed by atoms with van der Waals surface area (Å²) in [6, 6.07) is -0.829. The fourth-order valence-corrected chi connectivity index (χ4v) is 2.58. The molecule has 0 bridgehead atoms. The van der Waals surface area contributed by atoms with Crippen LogP contribution in [0.3, 0.4) is 0 Å². The zero-order valence-corrected chi connectivity index (χ0v) is 10.7. The molecule has 0 spiro atoms. The summed E-state index contributed by atoms with van der Waals surface area (Å²) in [5.74, 6) is 1.43. The second kappa shape index (κ2) is 7.52. The van der Waals surface area contributed by atoms with Gasteiger partial charge in [-0.3, -0.25) is 14.5 Å². The highest BCUT2D eigenvalue weighted by Crippen LogP contribution is 2.07. The Bertz CT molecular complexity index is 269. The number of thioether (sulfide) groups is 1. The van der Waals surface area contributed by atoms with Crippen LogP contribution < -0.4 is 16.8 Å². The summed E-state index contributed by atoms with van der Waals surface area (Å²) in [7, 11) is 0. The Morgan fingerprint density at radius 1 is 1.35 bits per heavy atom. The van der Waals surface area contributed by atoms with Gasteiger partial charge in [0.15, 0.2) is 0 Å². The number of hydrogen-bond acceptors (Lipinski definition) is 5. The number of hydrogen-bond donors (Lipinski definition) is 3. The van der Waals surface area contributed by atoms with Gasteiger partial charge in [0, 0.05) is 37.7 Å². The third kappa shape index (κ3) is 5.90. The molecule has 1 unspecified atom stereocenters. The third-order valence-electron chi connectivity index (χ3n) is 2.59. The molecular formula is C10H20N4O2S. The number of primary amides is 1. The molecule has 1 aliphatic rings. The Morgan fingerprint density at radius 3 is 2.59 bits per heavy atom. The summed E-state index contributed by atoms with van der Waals surface area (Å²) in [5, 5.41) is 2.71. The van der Waals surface area contributed by atoms with Crippen LogP contribution in [-0.2, 0) is 9.59 Å². The van der Waals surface area contributed by atoms with E-state index in [0.29, 0.717) is 6.54 Å². The van der Waals surface area contributed by atoms with Crippen molar-refractivity contribution in [2.24, 2.45) is 11.5 Å². The van der Waals surface area contributed by atoms with Crippen molar-refractivity contribution in [1.29, 1.82) is 0 Å². The van der Waals surface area contributed by atoms with E-state index in [1.807, 2.05) is 11.8 Å². The van der Waals surface area contributed by atoms with E-state index >= 15 is 0 Å². The molecular weight excluding hydrogens is 240 g/mol. The van der Waals surface area contributed by atoms with E-state index in [1.165, 1.54) is 0 Å². The molecule has 17 heavy (non-hydrogen) atoms. The second-order valence-corrected chi connectivity index (χ2v) is 5.25.